The fourth-order valence-electron chi connectivity index (χ4n) is 2.54. The first-order chi connectivity index (χ1) is 12.7. The van der Waals surface area contributed by atoms with Crippen LogP contribution in [0.2, 0.25) is 0 Å². The first-order valence-corrected chi connectivity index (χ1v) is 8.39. The molecule has 0 bridgehead atoms. The molecule has 26 heavy (non-hydrogen) atoms. The highest BCUT2D eigenvalue weighted by molar-refractivity contribution is 5.63. The van der Waals surface area contributed by atoms with Crippen LogP contribution in [0, 0.1) is 5.82 Å². The number of aliphatic hydroxyl groups excluding tert-OH is 1. The van der Waals surface area contributed by atoms with Gasteiger partial charge in [0.25, 0.3) is 0 Å². The maximum absolute atomic E-state index is 14.0. The summed E-state index contributed by atoms with van der Waals surface area (Å²) in [5.74, 6) is 0.339. The molecule has 0 spiro atoms. The van der Waals surface area contributed by atoms with Crippen molar-refractivity contribution in [3.63, 3.8) is 0 Å². The van der Waals surface area contributed by atoms with Gasteiger partial charge in [-0.3, -0.25) is 0 Å². The van der Waals surface area contributed by atoms with Gasteiger partial charge in [-0.25, -0.2) is 14.4 Å². The number of hydrogen-bond donors (Lipinski definition) is 2. The molecule has 0 fully saturated rings. The zero-order valence-corrected chi connectivity index (χ0v) is 14.4. The Morgan fingerprint density at radius 1 is 1.12 bits per heavy atom. The van der Waals surface area contributed by atoms with Crippen LogP contribution in [0.15, 0.2) is 60.9 Å². The summed E-state index contributed by atoms with van der Waals surface area (Å²) in [4.78, 5) is 8.34. The average molecular weight is 353 g/mol. The third-order valence-electron chi connectivity index (χ3n) is 3.86. The van der Waals surface area contributed by atoms with Gasteiger partial charge in [-0.2, -0.15) is 0 Å². The Kier molecular flexibility index (Phi) is 5.76. The van der Waals surface area contributed by atoms with E-state index in [1.165, 1.54) is 12.4 Å². The maximum Gasteiger partial charge on any atom is 0.165 e. The fraction of sp³-hybridized carbons (Fsp3) is 0.200. The van der Waals surface area contributed by atoms with Crippen molar-refractivity contribution in [2.24, 2.45) is 0 Å². The van der Waals surface area contributed by atoms with Gasteiger partial charge in [-0.1, -0.05) is 30.3 Å². The number of ether oxygens (including phenoxy) is 1. The molecule has 134 valence electrons. The maximum atomic E-state index is 14.0. The van der Waals surface area contributed by atoms with Gasteiger partial charge in [0.1, 0.15) is 12.1 Å². The van der Waals surface area contributed by atoms with Crippen LogP contribution in [-0.2, 0) is 0 Å². The molecule has 1 atom stereocenters. The van der Waals surface area contributed by atoms with E-state index in [0.717, 1.165) is 5.56 Å². The molecule has 5 nitrogen and oxygen atoms in total. The summed E-state index contributed by atoms with van der Waals surface area (Å²) in [6.07, 6.45) is 0.749. The summed E-state index contributed by atoms with van der Waals surface area (Å²) < 4.78 is 19.3. The van der Waals surface area contributed by atoms with Gasteiger partial charge in [0.2, 0.25) is 0 Å². The predicted molar refractivity (Wildman–Crippen MR) is 98.5 cm³/mol. The molecule has 0 saturated heterocycles. The van der Waals surface area contributed by atoms with E-state index in [1.54, 1.807) is 25.1 Å². The molecule has 1 aromatic heterocycles. The van der Waals surface area contributed by atoms with Gasteiger partial charge in [0.05, 0.1) is 18.4 Å². The monoisotopic (exact) mass is 353 g/mol. The molecule has 3 aromatic rings. The van der Waals surface area contributed by atoms with Crippen molar-refractivity contribution >= 4 is 5.82 Å². The second-order valence-electron chi connectivity index (χ2n) is 5.67. The van der Waals surface area contributed by atoms with Crippen molar-refractivity contribution in [1.29, 1.82) is 0 Å². The van der Waals surface area contributed by atoms with Gasteiger partial charge < -0.3 is 15.2 Å². The molecule has 0 saturated carbocycles. The van der Waals surface area contributed by atoms with E-state index in [9.17, 15) is 9.50 Å². The van der Waals surface area contributed by atoms with Crippen LogP contribution in [0.25, 0.3) is 11.3 Å². The van der Waals surface area contributed by atoms with Crippen molar-refractivity contribution in [2.75, 3.05) is 18.5 Å². The van der Waals surface area contributed by atoms with Crippen molar-refractivity contribution in [2.45, 2.75) is 13.0 Å². The highest BCUT2D eigenvalue weighted by Crippen LogP contribution is 2.25. The zero-order valence-electron chi connectivity index (χ0n) is 14.4. The van der Waals surface area contributed by atoms with Gasteiger partial charge in [-0.15, -0.1) is 0 Å². The summed E-state index contributed by atoms with van der Waals surface area (Å²) in [6.45, 7) is 2.51. The number of halogens is 1. The Morgan fingerprint density at radius 2 is 1.92 bits per heavy atom. The van der Waals surface area contributed by atoms with E-state index in [-0.39, 0.29) is 5.75 Å². The second-order valence-corrected chi connectivity index (χ2v) is 5.67. The molecule has 1 heterocycles. The van der Waals surface area contributed by atoms with Crippen LogP contribution in [0.4, 0.5) is 10.2 Å². The number of rotatable bonds is 7. The summed E-state index contributed by atoms with van der Waals surface area (Å²) >= 11 is 0. The Balaban J connectivity index is 1.71. The SMILES string of the molecule is CCOc1ccc(-c2cc(NC[C@H](O)c3ccccc3)ncn2)cc1F. The van der Waals surface area contributed by atoms with Crippen molar-refractivity contribution in [1.82, 2.24) is 9.97 Å². The van der Waals surface area contributed by atoms with Crippen molar-refractivity contribution in [3.8, 4) is 17.0 Å². The Labute approximate surface area is 151 Å². The van der Waals surface area contributed by atoms with Crippen LogP contribution >= 0.6 is 0 Å². The summed E-state index contributed by atoms with van der Waals surface area (Å²) in [5.41, 5.74) is 2.03. The lowest BCUT2D eigenvalue weighted by molar-refractivity contribution is 0.191. The molecule has 0 amide bonds. The number of nitrogens with zero attached hydrogens (tertiary/aromatic N) is 2. The number of aliphatic hydroxyl groups is 1. The van der Waals surface area contributed by atoms with E-state index in [2.05, 4.69) is 15.3 Å². The third-order valence-corrected chi connectivity index (χ3v) is 3.86. The molecular formula is C20H20FN3O2. The first-order valence-electron chi connectivity index (χ1n) is 8.39. The zero-order chi connectivity index (χ0) is 18.4. The largest absolute Gasteiger partial charge is 0.491 e. The first kappa shape index (κ1) is 17.8. The lowest BCUT2D eigenvalue weighted by atomic mass is 10.1. The van der Waals surface area contributed by atoms with E-state index in [0.29, 0.717) is 30.2 Å². The minimum atomic E-state index is -0.655. The number of benzene rings is 2. The van der Waals surface area contributed by atoms with Crippen LogP contribution in [-0.4, -0.2) is 28.2 Å². The topological polar surface area (TPSA) is 67.3 Å². The molecule has 0 radical (unpaired) electrons. The quantitative estimate of drug-likeness (QED) is 0.676. The molecule has 0 aliphatic carbocycles. The van der Waals surface area contributed by atoms with Crippen molar-refractivity contribution < 1.29 is 14.2 Å². The lowest BCUT2D eigenvalue weighted by Crippen LogP contribution is -2.13. The molecule has 0 aliphatic rings. The van der Waals surface area contributed by atoms with Crippen LogP contribution in [0.5, 0.6) is 5.75 Å². The number of hydrogen-bond acceptors (Lipinski definition) is 5. The van der Waals surface area contributed by atoms with Gasteiger partial charge in [-0.05, 0) is 30.7 Å². The molecule has 0 aliphatic heterocycles. The van der Waals surface area contributed by atoms with E-state index in [4.69, 9.17) is 4.74 Å². The van der Waals surface area contributed by atoms with Gasteiger partial charge >= 0.3 is 0 Å². The van der Waals surface area contributed by atoms with E-state index in [1.807, 2.05) is 30.3 Å². The lowest BCUT2D eigenvalue weighted by Gasteiger charge is -2.13. The summed E-state index contributed by atoms with van der Waals surface area (Å²) in [7, 11) is 0. The van der Waals surface area contributed by atoms with Crippen LogP contribution in [0.3, 0.4) is 0 Å². The minimum Gasteiger partial charge on any atom is -0.491 e. The minimum absolute atomic E-state index is 0.217. The molecule has 6 heteroatoms. The normalized spacial score (nSPS) is 11.8. The standard InChI is InChI=1S/C20H20FN3O2/c1-2-26-19-9-8-15(10-16(19)21)17-11-20(24-13-23-17)22-12-18(25)14-6-4-3-5-7-14/h3-11,13,18,25H,2,12H2,1H3,(H,22,23,24)/t18-/m0/s1. The molecule has 0 unspecified atom stereocenters. The molecular weight excluding hydrogens is 333 g/mol. The van der Waals surface area contributed by atoms with Crippen LogP contribution in [0.1, 0.15) is 18.6 Å². The highest BCUT2D eigenvalue weighted by Gasteiger charge is 2.10. The number of aromatic nitrogens is 2. The third kappa shape index (κ3) is 4.34. The number of anilines is 1. The Hall–Kier alpha value is -2.99. The molecule has 3 rings (SSSR count). The Morgan fingerprint density at radius 3 is 2.65 bits per heavy atom. The highest BCUT2D eigenvalue weighted by atomic mass is 19.1. The fourth-order valence-corrected chi connectivity index (χ4v) is 2.54. The number of nitrogens with one attached hydrogen (secondary N) is 1. The summed E-state index contributed by atoms with van der Waals surface area (Å²) in [6, 6.07) is 15.8. The van der Waals surface area contributed by atoms with E-state index >= 15 is 0 Å². The Bertz CT molecular complexity index is 859. The van der Waals surface area contributed by atoms with Gasteiger partial charge in [0.15, 0.2) is 11.6 Å². The van der Waals surface area contributed by atoms with Gasteiger partial charge in [0, 0.05) is 18.2 Å². The second kappa shape index (κ2) is 8.40. The van der Waals surface area contributed by atoms with Crippen LogP contribution < -0.4 is 10.1 Å². The average Bonchev–Trinajstić information content (AvgIpc) is 2.69. The molecule has 2 aromatic carbocycles. The summed E-state index contributed by atoms with van der Waals surface area (Å²) in [5, 5.41) is 13.3. The molecule has 2 N–H and O–H groups in total. The smallest absolute Gasteiger partial charge is 0.165 e. The predicted octanol–water partition coefficient (Wildman–Crippen LogP) is 3.83. The van der Waals surface area contributed by atoms with Crippen molar-refractivity contribution in [3.05, 3.63) is 72.3 Å². The van der Waals surface area contributed by atoms with E-state index < -0.39 is 11.9 Å².